The fourth-order valence-electron chi connectivity index (χ4n) is 3.97. The standard InChI is InChI=1S/C27H52/c1-3-5-7-9-11-13-15-17-19-21-23-25-27-26-24-22-20-18-16-14-12-10-8-6-4-2/h1,3H,2,4-27H2. The Morgan fingerprint density at radius 3 is 0.815 bits per heavy atom. The lowest BCUT2D eigenvalue weighted by atomic mass is 10.0. The molecular weight excluding hydrogens is 324 g/mol. The third-order valence-electron chi connectivity index (χ3n) is 5.87. The van der Waals surface area contributed by atoms with Crippen LogP contribution in [0.25, 0.3) is 0 Å². The van der Waals surface area contributed by atoms with E-state index in [2.05, 4.69) is 6.92 Å². The van der Waals surface area contributed by atoms with Crippen LogP contribution in [0.4, 0.5) is 0 Å². The molecule has 0 aromatic heterocycles. The van der Waals surface area contributed by atoms with Gasteiger partial charge in [-0.25, -0.2) is 0 Å². The zero-order valence-corrected chi connectivity index (χ0v) is 18.8. The lowest BCUT2D eigenvalue weighted by Crippen LogP contribution is -1.84. The van der Waals surface area contributed by atoms with Gasteiger partial charge in [-0.05, 0) is 12.8 Å². The maximum atomic E-state index is 5.39. The molecule has 0 aliphatic carbocycles. The Hall–Kier alpha value is -0.260. The van der Waals surface area contributed by atoms with E-state index in [1.54, 1.807) is 6.08 Å². The van der Waals surface area contributed by atoms with Crippen LogP contribution in [0.5, 0.6) is 0 Å². The number of unbranched alkanes of at least 4 members (excludes halogenated alkanes) is 23. The van der Waals surface area contributed by atoms with E-state index in [0.717, 1.165) is 12.8 Å². The molecule has 0 aromatic carbocycles. The highest BCUT2D eigenvalue weighted by Crippen LogP contribution is 2.15. The Bertz CT molecular complexity index is 255. The van der Waals surface area contributed by atoms with Crippen molar-refractivity contribution in [2.24, 2.45) is 0 Å². The zero-order valence-electron chi connectivity index (χ0n) is 18.8. The quantitative estimate of drug-likeness (QED) is 0.147. The number of rotatable bonds is 24. The van der Waals surface area contributed by atoms with Crippen molar-refractivity contribution in [3.8, 4) is 0 Å². The second-order valence-corrected chi connectivity index (χ2v) is 8.66. The SMILES string of the molecule is [CH]=CCCCCCCCCCCCCCCCCCCCCCCCC[CH2]. The Labute approximate surface area is 174 Å². The fraction of sp³-hybridized carbons (Fsp3) is 0.889. The Morgan fingerprint density at radius 1 is 0.370 bits per heavy atom. The minimum Gasteiger partial charge on any atom is -0.0845 e. The highest BCUT2D eigenvalue weighted by molar-refractivity contribution is 4.61. The minimum atomic E-state index is 1.09. The molecule has 0 aromatic rings. The smallest absolute Gasteiger partial charge is 0.0348 e. The van der Waals surface area contributed by atoms with Gasteiger partial charge in [-0.1, -0.05) is 161 Å². The van der Waals surface area contributed by atoms with E-state index < -0.39 is 0 Å². The number of hydrogen-bond acceptors (Lipinski definition) is 0. The maximum absolute atomic E-state index is 5.39. The molecule has 0 spiro atoms. The molecule has 0 nitrogen and oxygen atoms in total. The highest BCUT2D eigenvalue weighted by atomic mass is 14.0. The van der Waals surface area contributed by atoms with Gasteiger partial charge in [0, 0.05) is 0 Å². The molecule has 0 heteroatoms. The van der Waals surface area contributed by atoms with Gasteiger partial charge >= 0.3 is 0 Å². The summed E-state index contributed by atoms with van der Waals surface area (Å²) in [5, 5.41) is 0. The van der Waals surface area contributed by atoms with Crippen LogP contribution in [0, 0.1) is 13.5 Å². The highest BCUT2D eigenvalue weighted by Gasteiger charge is 1.95. The van der Waals surface area contributed by atoms with Gasteiger partial charge in [0.1, 0.15) is 0 Å². The van der Waals surface area contributed by atoms with Crippen LogP contribution in [0.2, 0.25) is 0 Å². The summed E-state index contributed by atoms with van der Waals surface area (Å²) >= 11 is 0. The lowest BCUT2D eigenvalue weighted by molar-refractivity contribution is 0.518. The van der Waals surface area contributed by atoms with Gasteiger partial charge in [-0.3, -0.25) is 0 Å². The first kappa shape index (κ1) is 26.7. The summed E-state index contributed by atoms with van der Waals surface area (Å²) in [6.45, 7) is 9.30. The molecule has 0 aliphatic rings. The van der Waals surface area contributed by atoms with E-state index in [-0.39, 0.29) is 0 Å². The summed E-state index contributed by atoms with van der Waals surface area (Å²) in [7, 11) is 0. The van der Waals surface area contributed by atoms with Crippen LogP contribution in [-0.2, 0) is 0 Å². The molecule has 0 saturated carbocycles. The summed E-state index contributed by atoms with van der Waals surface area (Å²) in [5.41, 5.74) is 0. The summed E-state index contributed by atoms with van der Waals surface area (Å²) in [6.07, 6.45) is 35.7. The molecule has 0 heterocycles. The molecule has 0 N–H and O–H groups in total. The summed E-state index contributed by atoms with van der Waals surface area (Å²) in [4.78, 5) is 0. The Balaban J connectivity index is 2.96. The normalized spacial score (nSPS) is 11.1. The molecular formula is C27H52. The van der Waals surface area contributed by atoms with Crippen molar-refractivity contribution in [2.75, 3.05) is 0 Å². The van der Waals surface area contributed by atoms with Gasteiger partial charge in [0.15, 0.2) is 0 Å². The first-order valence-electron chi connectivity index (χ1n) is 12.7. The molecule has 0 rings (SSSR count). The van der Waals surface area contributed by atoms with Crippen LogP contribution in [0.1, 0.15) is 154 Å². The summed E-state index contributed by atoms with van der Waals surface area (Å²) in [5.74, 6) is 0. The molecule has 160 valence electrons. The maximum Gasteiger partial charge on any atom is -0.0348 e. The third-order valence-corrected chi connectivity index (χ3v) is 5.87. The Morgan fingerprint density at radius 2 is 0.593 bits per heavy atom. The van der Waals surface area contributed by atoms with Gasteiger partial charge in [-0.2, -0.15) is 0 Å². The zero-order chi connectivity index (χ0) is 19.7. The van der Waals surface area contributed by atoms with E-state index in [9.17, 15) is 0 Å². The average Bonchev–Trinajstić information content (AvgIpc) is 2.68. The van der Waals surface area contributed by atoms with E-state index in [1.807, 2.05) is 0 Å². The molecule has 0 atom stereocenters. The largest absolute Gasteiger partial charge is 0.0845 e. The first-order valence-corrected chi connectivity index (χ1v) is 12.7. The molecule has 27 heavy (non-hydrogen) atoms. The van der Waals surface area contributed by atoms with E-state index in [4.69, 9.17) is 6.58 Å². The van der Waals surface area contributed by atoms with Gasteiger partial charge < -0.3 is 0 Å². The molecule has 0 unspecified atom stereocenters. The van der Waals surface area contributed by atoms with Crippen LogP contribution in [0.15, 0.2) is 6.08 Å². The molecule has 0 amide bonds. The van der Waals surface area contributed by atoms with Crippen molar-refractivity contribution < 1.29 is 0 Å². The predicted octanol–water partition coefficient (Wildman–Crippen LogP) is 10.2. The van der Waals surface area contributed by atoms with Gasteiger partial charge in [0.25, 0.3) is 0 Å². The van der Waals surface area contributed by atoms with Gasteiger partial charge in [0.2, 0.25) is 0 Å². The Kier molecular flexibility index (Phi) is 25.5. The van der Waals surface area contributed by atoms with E-state index in [0.29, 0.717) is 0 Å². The van der Waals surface area contributed by atoms with Crippen molar-refractivity contribution in [2.45, 2.75) is 154 Å². The van der Waals surface area contributed by atoms with E-state index >= 15 is 0 Å². The fourth-order valence-corrected chi connectivity index (χ4v) is 3.97. The molecule has 2 radical (unpaired) electrons. The third kappa shape index (κ3) is 25.7. The summed E-state index contributed by atoms with van der Waals surface area (Å²) < 4.78 is 0. The molecule has 0 fully saturated rings. The first-order chi connectivity index (χ1) is 13.4. The summed E-state index contributed by atoms with van der Waals surface area (Å²) in [6, 6.07) is 0. The molecule has 0 aliphatic heterocycles. The second-order valence-electron chi connectivity index (χ2n) is 8.66. The average molecular weight is 377 g/mol. The topological polar surface area (TPSA) is 0 Å². The van der Waals surface area contributed by atoms with Crippen LogP contribution in [-0.4, -0.2) is 0 Å². The molecule has 0 bridgehead atoms. The van der Waals surface area contributed by atoms with Crippen molar-refractivity contribution in [1.29, 1.82) is 0 Å². The van der Waals surface area contributed by atoms with Gasteiger partial charge in [-0.15, -0.1) is 0 Å². The van der Waals surface area contributed by atoms with E-state index in [1.165, 1.54) is 141 Å². The van der Waals surface area contributed by atoms with Crippen molar-refractivity contribution in [1.82, 2.24) is 0 Å². The minimum absolute atomic E-state index is 1.09. The molecule has 0 saturated heterocycles. The lowest BCUT2D eigenvalue weighted by Gasteiger charge is -2.04. The van der Waals surface area contributed by atoms with Crippen LogP contribution < -0.4 is 0 Å². The van der Waals surface area contributed by atoms with Crippen LogP contribution >= 0.6 is 0 Å². The number of allylic oxidation sites excluding steroid dienone is 1. The van der Waals surface area contributed by atoms with Crippen molar-refractivity contribution in [3.05, 3.63) is 19.6 Å². The number of hydrogen-bond donors (Lipinski definition) is 0. The predicted molar refractivity (Wildman–Crippen MR) is 125 cm³/mol. The van der Waals surface area contributed by atoms with Crippen LogP contribution in [0.3, 0.4) is 0 Å². The van der Waals surface area contributed by atoms with Crippen molar-refractivity contribution in [3.63, 3.8) is 0 Å². The van der Waals surface area contributed by atoms with Gasteiger partial charge in [0.05, 0.1) is 0 Å². The second kappa shape index (κ2) is 25.7. The van der Waals surface area contributed by atoms with Crippen molar-refractivity contribution >= 4 is 0 Å². The monoisotopic (exact) mass is 376 g/mol.